The lowest BCUT2D eigenvalue weighted by atomic mass is 10.2. The summed E-state index contributed by atoms with van der Waals surface area (Å²) in [6.45, 7) is 0.610. The predicted molar refractivity (Wildman–Crippen MR) is 80.1 cm³/mol. The number of nitrogens with two attached hydrogens (primary N) is 1. The summed E-state index contributed by atoms with van der Waals surface area (Å²) >= 11 is 1.51. The quantitative estimate of drug-likeness (QED) is 0.755. The number of nitrogens with one attached hydrogen (secondary N) is 1. The van der Waals surface area contributed by atoms with E-state index in [1.54, 1.807) is 12.3 Å². The second kappa shape index (κ2) is 5.55. The van der Waals surface area contributed by atoms with E-state index in [4.69, 9.17) is 5.73 Å². The van der Waals surface area contributed by atoms with Crippen molar-refractivity contribution in [3.05, 3.63) is 23.9 Å². The first-order valence-electron chi connectivity index (χ1n) is 6.46. The van der Waals surface area contributed by atoms with Gasteiger partial charge in [-0.25, -0.2) is 4.98 Å². The van der Waals surface area contributed by atoms with E-state index in [9.17, 15) is 4.79 Å². The van der Waals surface area contributed by atoms with E-state index in [0.717, 1.165) is 18.4 Å². The van der Waals surface area contributed by atoms with Crippen LogP contribution in [-0.4, -0.2) is 27.9 Å². The number of hydrogen-bond donors (Lipinski definition) is 2. The number of carbonyl (C=O) groups is 1. The molecule has 3 rings (SSSR count). The molecule has 0 spiro atoms. The Morgan fingerprint density at radius 2 is 2.35 bits per heavy atom. The Labute approximate surface area is 121 Å². The Kier molecular flexibility index (Phi) is 3.61. The van der Waals surface area contributed by atoms with Crippen LogP contribution in [0.15, 0.2) is 23.3 Å². The monoisotopic (exact) mass is 286 g/mol. The highest BCUT2D eigenvalue weighted by atomic mass is 32.2. The molecule has 1 atom stereocenters. The van der Waals surface area contributed by atoms with Crippen LogP contribution >= 0.6 is 11.8 Å². The van der Waals surface area contributed by atoms with E-state index >= 15 is 0 Å². The van der Waals surface area contributed by atoms with Gasteiger partial charge in [-0.05, 0) is 25.0 Å². The number of amides is 1. The maximum atomic E-state index is 11.6. The highest BCUT2D eigenvalue weighted by Crippen LogP contribution is 2.29. The first kappa shape index (κ1) is 13.0. The zero-order valence-corrected chi connectivity index (χ0v) is 11.6. The topological polar surface area (TPSA) is 80.4 Å². The fraction of sp³-hybridized carbons (Fsp3) is 0.357. The van der Waals surface area contributed by atoms with Crippen LogP contribution in [0.3, 0.4) is 0 Å². The SMILES string of the molecule is Nc1cc(C#CC2CN=C(NC(=O)C3CC3)S2)ccn1. The number of nitrogen functional groups attached to an aromatic ring is 1. The van der Waals surface area contributed by atoms with Gasteiger partial charge in [-0.15, -0.1) is 0 Å². The maximum absolute atomic E-state index is 11.6. The van der Waals surface area contributed by atoms with Crippen molar-refractivity contribution in [1.29, 1.82) is 0 Å². The zero-order chi connectivity index (χ0) is 13.9. The van der Waals surface area contributed by atoms with Crippen LogP contribution in [-0.2, 0) is 4.79 Å². The number of carbonyl (C=O) groups excluding carboxylic acids is 1. The molecule has 5 nitrogen and oxygen atoms in total. The van der Waals surface area contributed by atoms with Crippen LogP contribution in [0.4, 0.5) is 5.82 Å². The van der Waals surface area contributed by atoms with Crippen molar-refractivity contribution < 1.29 is 4.79 Å². The predicted octanol–water partition coefficient (Wildman–Crippen LogP) is 1.01. The lowest BCUT2D eigenvalue weighted by Gasteiger charge is -2.02. The summed E-state index contributed by atoms with van der Waals surface area (Å²) in [7, 11) is 0. The number of rotatable bonds is 1. The Balaban J connectivity index is 1.55. The summed E-state index contributed by atoms with van der Waals surface area (Å²) in [4.78, 5) is 19.8. The van der Waals surface area contributed by atoms with Gasteiger partial charge in [-0.3, -0.25) is 9.79 Å². The largest absolute Gasteiger partial charge is 0.384 e. The molecule has 3 N–H and O–H groups in total. The van der Waals surface area contributed by atoms with Crippen LogP contribution in [0.25, 0.3) is 0 Å². The fourth-order valence-corrected chi connectivity index (χ4v) is 2.61. The van der Waals surface area contributed by atoms with Crippen molar-refractivity contribution >= 4 is 28.7 Å². The van der Waals surface area contributed by atoms with Gasteiger partial charge in [0.1, 0.15) is 5.82 Å². The molecule has 0 aromatic carbocycles. The summed E-state index contributed by atoms with van der Waals surface area (Å²) in [6.07, 6.45) is 3.63. The molecule has 20 heavy (non-hydrogen) atoms. The van der Waals surface area contributed by atoms with Gasteiger partial charge in [0.2, 0.25) is 5.91 Å². The third-order valence-corrected chi connectivity index (χ3v) is 4.00. The maximum Gasteiger partial charge on any atom is 0.229 e. The van der Waals surface area contributed by atoms with Gasteiger partial charge in [0, 0.05) is 17.7 Å². The second-order valence-corrected chi connectivity index (χ2v) is 5.95. The molecule has 1 aromatic rings. The number of aliphatic imine (C=N–C) groups is 1. The summed E-state index contributed by atoms with van der Waals surface area (Å²) in [6, 6.07) is 3.56. The van der Waals surface area contributed by atoms with E-state index in [1.165, 1.54) is 11.8 Å². The Morgan fingerprint density at radius 1 is 1.50 bits per heavy atom. The molecule has 1 saturated carbocycles. The van der Waals surface area contributed by atoms with Crippen molar-refractivity contribution in [2.75, 3.05) is 12.3 Å². The summed E-state index contributed by atoms with van der Waals surface area (Å²) < 4.78 is 0. The summed E-state index contributed by atoms with van der Waals surface area (Å²) in [5, 5.41) is 3.63. The molecular weight excluding hydrogens is 272 g/mol. The number of amidine groups is 1. The molecule has 0 radical (unpaired) electrons. The number of pyridine rings is 1. The van der Waals surface area contributed by atoms with Crippen molar-refractivity contribution in [3.63, 3.8) is 0 Å². The number of nitrogens with zero attached hydrogens (tertiary/aromatic N) is 2. The number of hydrogen-bond acceptors (Lipinski definition) is 5. The summed E-state index contributed by atoms with van der Waals surface area (Å²) in [5.41, 5.74) is 6.44. The normalized spacial score (nSPS) is 20.8. The van der Waals surface area contributed by atoms with Gasteiger partial charge in [0.05, 0.1) is 11.8 Å². The van der Waals surface area contributed by atoms with Crippen LogP contribution < -0.4 is 11.1 Å². The smallest absolute Gasteiger partial charge is 0.229 e. The van der Waals surface area contributed by atoms with Crippen molar-refractivity contribution in [1.82, 2.24) is 10.3 Å². The Bertz CT molecular complexity index is 628. The molecule has 2 heterocycles. The van der Waals surface area contributed by atoms with E-state index < -0.39 is 0 Å². The highest BCUT2D eigenvalue weighted by Gasteiger charge is 2.31. The van der Waals surface area contributed by atoms with Crippen LogP contribution in [0.5, 0.6) is 0 Å². The molecule has 6 heteroatoms. The van der Waals surface area contributed by atoms with Crippen LogP contribution in [0, 0.1) is 17.8 Å². The summed E-state index contributed by atoms with van der Waals surface area (Å²) in [5.74, 6) is 6.95. The first-order chi connectivity index (χ1) is 9.70. The van der Waals surface area contributed by atoms with Gasteiger partial charge in [-0.1, -0.05) is 23.6 Å². The molecule has 1 aromatic heterocycles. The van der Waals surface area contributed by atoms with Crippen LogP contribution in [0.1, 0.15) is 18.4 Å². The third kappa shape index (κ3) is 3.31. The highest BCUT2D eigenvalue weighted by molar-refractivity contribution is 8.14. The molecule has 1 amide bonds. The molecule has 2 aliphatic rings. The minimum Gasteiger partial charge on any atom is -0.384 e. The zero-order valence-electron chi connectivity index (χ0n) is 10.8. The van der Waals surface area contributed by atoms with Crippen molar-refractivity contribution in [2.24, 2.45) is 10.9 Å². The molecule has 0 saturated heterocycles. The van der Waals surface area contributed by atoms with E-state index in [-0.39, 0.29) is 17.1 Å². The standard InChI is InChI=1S/C14H14N4OS/c15-12-7-9(5-6-16-12)1-4-11-8-17-14(20-11)18-13(19)10-2-3-10/h5-7,10-11H,2-3,8H2,(H2,15,16)(H,17,18,19). The lowest BCUT2D eigenvalue weighted by Crippen LogP contribution is -2.28. The van der Waals surface area contributed by atoms with E-state index in [1.807, 2.05) is 6.07 Å². The minimum absolute atomic E-state index is 0.0823. The first-order valence-corrected chi connectivity index (χ1v) is 7.34. The van der Waals surface area contributed by atoms with Gasteiger partial charge in [0.25, 0.3) is 0 Å². The molecule has 1 aliphatic heterocycles. The third-order valence-electron chi connectivity index (χ3n) is 2.99. The fourth-order valence-electron chi connectivity index (χ4n) is 1.76. The van der Waals surface area contributed by atoms with E-state index in [0.29, 0.717) is 17.5 Å². The lowest BCUT2D eigenvalue weighted by molar-refractivity contribution is -0.120. The van der Waals surface area contributed by atoms with E-state index in [2.05, 4.69) is 27.1 Å². The molecule has 1 aliphatic carbocycles. The van der Waals surface area contributed by atoms with Crippen molar-refractivity contribution in [3.8, 4) is 11.8 Å². The number of anilines is 1. The molecule has 1 fully saturated rings. The average Bonchev–Trinajstić information content (AvgIpc) is 3.19. The molecule has 1 unspecified atom stereocenters. The number of thioether (sulfide) groups is 1. The van der Waals surface area contributed by atoms with Gasteiger partial charge in [-0.2, -0.15) is 0 Å². The second-order valence-electron chi connectivity index (χ2n) is 4.75. The molecule has 0 bridgehead atoms. The van der Waals surface area contributed by atoms with Gasteiger partial charge < -0.3 is 11.1 Å². The van der Waals surface area contributed by atoms with Gasteiger partial charge >= 0.3 is 0 Å². The van der Waals surface area contributed by atoms with Gasteiger partial charge in [0.15, 0.2) is 5.17 Å². The van der Waals surface area contributed by atoms with Crippen LogP contribution in [0.2, 0.25) is 0 Å². The molecule has 102 valence electrons. The number of aromatic nitrogens is 1. The van der Waals surface area contributed by atoms with Crippen molar-refractivity contribution in [2.45, 2.75) is 18.1 Å². The Hall–Kier alpha value is -2.00. The average molecular weight is 286 g/mol. The minimum atomic E-state index is 0.0823. The Morgan fingerprint density at radius 3 is 3.10 bits per heavy atom. The molecular formula is C14H14N4OS.